The highest BCUT2D eigenvalue weighted by Crippen LogP contribution is 2.14. The van der Waals surface area contributed by atoms with Gasteiger partial charge in [-0.05, 0) is 25.8 Å². The molecule has 0 spiro atoms. The fourth-order valence-corrected chi connectivity index (χ4v) is 1.68. The molecule has 1 amide bonds. The zero-order valence-corrected chi connectivity index (χ0v) is 11.1. The predicted octanol–water partition coefficient (Wildman–Crippen LogP) is 2.57. The number of amides is 1. The summed E-state index contributed by atoms with van der Waals surface area (Å²) in [6, 6.07) is 1.32. The van der Waals surface area contributed by atoms with Gasteiger partial charge >= 0.3 is 0 Å². The molecule has 0 aliphatic heterocycles. The lowest BCUT2D eigenvalue weighted by Crippen LogP contribution is -2.34. The molecule has 0 saturated heterocycles. The summed E-state index contributed by atoms with van der Waals surface area (Å²) in [7, 11) is 0. The molecule has 4 nitrogen and oxygen atoms in total. The Hall–Kier alpha value is -1.65. The van der Waals surface area contributed by atoms with E-state index in [1.807, 2.05) is 20.8 Å². The molecule has 0 saturated carbocycles. The molecule has 2 N–H and O–H groups in total. The first kappa shape index (κ1) is 14.4. The fraction of sp³-hybridized carbons (Fsp3) is 0.538. The minimum Gasteiger partial charge on any atom is -0.370 e. The van der Waals surface area contributed by atoms with E-state index in [1.54, 1.807) is 0 Å². The molecule has 0 unspecified atom stereocenters. The molecule has 0 aliphatic carbocycles. The van der Waals surface area contributed by atoms with Crippen molar-refractivity contribution in [2.24, 2.45) is 0 Å². The van der Waals surface area contributed by atoms with Crippen molar-refractivity contribution < 1.29 is 9.18 Å². The molecule has 1 rings (SSSR count). The van der Waals surface area contributed by atoms with E-state index in [0.717, 1.165) is 19.0 Å². The highest BCUT2D eigenvalue weighted by Gasteiger charge is 2.16. The van der Waals surface area contributed by atoms with Crippen LogP contribution in [0, 0.1) is 5.82 Å². The molecule has 1 aromatic heterocycles. The number of nitrogens with zero attached hydrogens (tertiary/aromatic N) is 1. The molecule has 1 aromatic rings. The van der Waals surface area contributed by atoms with Crippen LogP contribution in [0.5, 0.6) is 0 Å². The molecule has 0 fully saturated rings. The maximum atomic E-state index is 13.2. The second kappa shape index (κ2) is 6.93. The topological polar surface area (TPSA) is 54.0 Å². The normalized spacial score (nSPS) is 10.5. The van der Waals surface area contributed by atoms with E-state index in [2.05, 4.69) is 15.6 Å². The first-order valence-electron chi connectivity index (χ1n) is 6.32. The highest BCUT2D eigenvalue weighted by atomic mass is 19.1. The van der Waals surface area contributed by atoms with Gasteiger partial charge in [0.1, 0.15) is 11.6 Å². The number of aromatic nitrogens is 1. The molecule has 0 bridgehead atoms. The van der Waals surface area contributed by atoms with E-state index in [1.165, 1.54) is 6.07 Å². The van der Waals surface area contributed by atoms with Gasteiger partial charge in [0.05, 0.1) is 11.8 Å². The van der Waals surface area contributed by atoms with Gasteiger partial charge in [-0.1, -0.05) is 13.8 Å². The fourth-order valence-electron chi connectivity index (χ4n) is 1.68. The van der Waals surface area contributed by atoms with Crippen LogP contribution in [0.3, 0.4) is 0 Å². The Kier molecular flexibility index (Phi) is 5.55. The highest BCUT2D eigenvalue weighted by molar-refractivity contribution is 5.98. The van der Waals surface area contributed by atoms with Gasteiger partial charge < -0.3 is 10.6 Å². The van der Waals surface area contributed by atoms with E-state index >= 15 is 0 Å². The first-order chi connectivity index (χ1) is 8.62. The summed E-state index contributed by atoms with van der Waals surface area (Å²) in [5.41, 5.74) is 0.253. The van der Waals surface area contributed by atoms with E-state index in [0.29, 0.717) is 12.4 Å². The van der Waals surface area contributed by atoms with Crippen LogP contribution >= 0.6 is 0 Å². The van der Waals surface area contributed by atoms with Crippen LogP contribution in [-0.4, -0.2) is 23.5 Å². The third-order valence-electron chi connectivity index (χ3n) is 2.76. The molecule has 0 radical (unpaired) electrons. The number of halogens is 1. The van der Waals surface area contributed by atoms with Crippen LogP contribution in [0.25, 0.3) is 0 Å². The van der Waals surface area contributed by atoms with Gasteiger partial charge in [-0.2, -0.15) is 0 Å². The Labute approximate surface area is 107 Å². The number of hydrogen-bond acceptors (Lipinski definition) is 3. The Morgan fingerprint density at radius 3 is 2.61 bits per heavy atom. The average molecular weight is 253 g/mol. The number of pyridine rings is 1. The van der Waals surface area contributed by atoms with Crippen LogP contribution in [0.15, 0.2) is 12.3 Å². The average Bonchev–Trinajstić information content (AvgIpc) is 2.38. The van der Waals surface area contributed by atoms with Crippen LogP contribution in [-0.2, 0) is 0 Å². The quantitative estimate of drug-likeness (QED) is 0.819. The number of carbonyl (C=O) groups is 1. The lowest BCUT2D eigenvalue weighted by molar-refractivity contribution is 0.0935. The Bertz CT molecular complexity index is 405. The van der Waals surface area contributed by atoms with Crippen LogP contribution < -0.4 is 10.6 Å². The van der Waals surface area contributed by atoms with Crippen molar-refractivity contribution in [1.29, 1.82) is 0 Å². The molecule has 0 aliphatic rings. The Morgan fingerprint density at radius 1 is 1.39 bits per heavy atom. The number of rotatable bonds is 6. The van der Waals surface area contributed by atoms with Crippen LogP contribution in [0.2, 0.25) is 0 Å². The smallest absolute Gasteiger partial charge is 0.255 e. The molecule has 1 heterocycles. The van der Waals surface area contributed by atoms with E-state index in [-0.39, 0.29) is 17.5 Å². The maximum Gasteiger partial charge on any atom is 0.255 e. The lowest BCUT2D eigenvalue weighted by Gasteiger charge is -2.16. The standard InChI is InChI=1S/C13H20FN3O/c1-4-10(5-2)17-13(18)11-7-9(14)8-16-12(11)15-6-3/h7-8,10H,4-6H2,1-3H3,(H,15,16)(H,17,18). The Balaban J connectivity index is 2.92. The van der Waals surface area contributed by atoms with Gasteiger partial charge in [0.25, 0.3) is 5.91 Å². The Morgan fingerprint density at radius 2 is 2.06 bits per heavy atom. The summed E-state index contributed by atoms with van der Waals surface area (Å²) in [4.78, 5) is 16.0. The van der Waals surface area contributed by atoms with E-state index in [4.69, 9.17) is 0 Å². The van der Waals surface area contributed by atoms with Crippen molar-refractivity contribution in [3.8, 4) is 0 Å². The van der Waals surface area contributed by atoms with Crippen molar-refractivity contribution in [1.82, 2.24) is 10.3 Å². The minimum absolute atomic E-state index is 0.107. The zero-order valence-electron chi connectivity index (χ0n) is 11.1. The number of anilines is 1. The maximum absolute atomic E-state index is 13.2. The molecule has 18 heavy (non-hydrogen) atoms. The molecule has 100 valence electrons. The number of carbonyl (C=O) groups excluding carboxylic acids is 1. The van der Waals surface area contributed by atoms with E-state index < -0.39 is 5.82 Å². The molecule has 0 aromatic carbocycles. The molecule has 0 atom stereocenters. The second-order valence-corrected chi connectivity index (χ2v) is 4.07. The first-order valence-corrected chi connectivity index (χ1v) is 6.32. The largest absolute Gasteiger partial charge is 0.370 e. The summed E-state index contributed by atoms with van der Waals surface area (Å²) in [5, 5.41) is 5.83. The van der Waals surface area contributed by atoms with Gasteiger partial charge in [0.15, 0.2) is 0 Å². The molecular weight excluding hydrogens is 233 g/mol. The summed E-state index contributed by atoms with van der Waals surface area (Å²) in [6.45, 7) is 6.53. The second-order valence-electron chi connectivity index (χ2n) is 4.07. The van der Waals surface area contributed by atoms with Gasteiger partial charge in [-0.3, -0.25) is 4.79 Å². The molecule has 5 heteroatoms. The van der Waals surface area contributed by atoms with Crippen LogP contribution in [0.4, 0.5) is 10.2 Å². The van der Waals surface area contributed by atoms with Crippen molar-refractivity contribution in [3.05, 3.63) is 23.6 Å². The zero-order chi connectivity index (χ0) is 13.5. The van der Waals surface area contributed by atoms with Crippen LogP contribution in [0.1, 0.15) is 44.0 Å². The predicted molar refractivity (Wildman–Crippen MR) is 70.2 cm³/mol. The number of hydrogen-bond donors (Lipinski definition) is 2. The van der Waals surface area contributed by atoms with Crippen molar-refractivity contribution in [2.75, 3.05) is 11.9 Å². The van der Waals surface area contributed by atoms with Gasteiger partial charge in [0.2, 0.25) is 0 Å². The van der Waals surface area contributed by atoms with E-state index in [9.17, 15) is 9.18 Å². The lowest BCUT2D eigenvalue weighted by atomic mass is 10.1. The SMILES string of the molecule is CCNc1ncc(F)cc1C(=O)NC(CC)CC. The van der Waals surface area contributed by atoms with Crippen molar-refractivity contribution in [2.45, 2.75) is 39.7 Å². The van der Waals surface area contributed by atoms with Crippen molar-refractivity contribution in [3.63, 3.8) is 0 Å². The number of nitrogens with one attached hydrogen (secondary N) is 2. The summed E-state index contributed by atoms with van der Waals surface area (Å²) in [6.07, 6.45) is 2.80. The van der Waals surface area contributed by atoms with Crippen molar-refractivity contribution >= 4 is 11.7 Å². The van der Waals surface area contributed by atoms with Gasteiger partial charge in [-0.25, -0.2) is 9.37 Å². The van der Waals surface area contributed by atoms with Gasteiger partial charge in [0, 0.05) is 12.6 Å². The monoisotopic (exact) mass is 253 g/mol. The third-order valence-corrected chi connectivity index (χ3v) is 2.76. The summed E-state index contributed by atoms with van der Waals surface area (Å²) < 4.78 is 13.2. The third kappa shape index (κ3) is 3.68. The summed E-state index contributed by atoms with van der Waals surface area (Å²) in [5.74, 6) is -0.375. The minimum atomic E-state index is -0.508. The van der Waals surface area contributed by atoms with Gasteiger partial charge in [-0.15, -0.1) is 0 Å². The molecular formula is C13H20FN3O. The summed E-state index contributed by atoms with van der Waals surface area (Å²) >= 11 is 0.